The highest BCUT2D eigenvalue weighted by atomic mass is 32.2. The number of aryl methyl sites for hydroxylation is 1. The van der Waals surface area contributed by atoms with Crippen LogP contribution >= 0.6 is 11.3 Å². The molecule has 1 heterocycles. The lowest BCUT2D eigenvalue weighted by molar-refractivity contribution is 0.0526. The Morgan fingerprint density at radius 2 is 1.74 bits per heavy atom. The second kappa shape index (κ2) is 10.2. The Hall–Kier alpha value is -3.76. The molecule has 0 aliphatic carbocycles. The van der Waals surface area contributed by atoms with E-state index in [0.29, 0.717) is 16.9 Å². The number of carbonyl (C=O) groups excluding carboxylic acids is 2. The highest BCUT2D eigenvalue weighted by molar-refractivity contribution is 7.92. The van der Waals surface area contributed by atoms with Crippen LogP contribution < -0.4 is 9.52 Å². The largest absolute Gasteiger partial charge is 0.462 e. The van der Waals surface area contributed by atoms with E-state index < -0.39 is 21.9 Å². The number of thiazole rings is 1. The van der Waals surface area contributed by atoms with Crippen molar-refractivity contribution in [2.24, 2.45) is 4.99 Å². The second-order valence-corrected chi connectivity index (χ2v) is 10.1. The van der Waals surface area contributed by atoms with Gasteiger partial charge in [-0.05, 0) is 62.4 Å². The van der Waals surface area contributed by atoms with Crippen molar-refractivity contribution in [2.75, 3.05) is 11.3 Å². The summed E-state index contributed by atoms with van der Waals surface area (Å²) in [6.07, 6.45) is 0. The second-order valence-electron chi connectivity index (χ2n) is 7.45. The number of esters is 1. The van der Waals surface area contributed by atoms with Crippen LogP contribution in [0.25, 0.3) is 10.2 Å². The summed E-state index contributed by atoms with van der Waals surface area (Å²) in [5, 5.41) is 0. The maximum absolute atomic E-state index is 13.0. The molecule has 35 heavy (non-hydrogen) atoms. The van der Waals surface area contributed by atoms with Gasteiger partial charge in [0, 0.05) is 17.8 Å². The van der Waals surface area contributed by atoms with Gasteiger partial charge in [0.15, 0.2) is 4.80 Å². The first-order valence-electron chi connectivity index (χ1n) is 10.9. The van der Waals surface area contributed by atoms with E-state index in [2.05, 4.69) is 9.71 Å². The number of carbonyl (C=O) groups is 2. The number of ether oxygens (including phenoxy) is 1. The summed E-state index contributed by atoms with van der Waals surface area (Å²) < 4.78 is 35.5. The number of rotatable bonds is 7. The number of anilines is 1. The summed E-state index contributed by atoms with van der Waals surface area (Å²) in [6.45, 7) is 4.54. The lowest BCUT2D eigenvalue weighted by Gasteiger charge is -2.08. The van der Waals surface area contributed by atoms with Gasteiger partial charge in [0.2, 0.25) is 0 Å². The Morgan fingerprint density at radius 3 is 2.46 bits per heavy atom. The van der Waals surface area contributed by atoms with Gasteiger partial charge >= 0.3 is 5.97 Å². The molecule has 8 nitrogen and oxygen atoms in total. The Bertz CT molecular complexity index is 1570. The first-order valence-corrected chi connectivity index (χ1v) is 13.2. The summed E-state index contributed by atoms with van der Waals surface area (Å²) in [4.78, 5) is 30.0. The molecule has 0 bridgehead atoms. The maximum Gasteiger partial charge on any atom is 0.338 e. The fraction of sp³-hybridized carbons (Fsp3) is 0.160. The first-order chi connectivity index (χ1) is 16.8. The number of nitrogens with zero attached hydrogens (tertiary/aromatic N) is 2. The van der Waals surface area contributed by atoms with Crippen molar-refractivity contribution in [3.05, 3.63) is 88.7 Å². The molecule has 0 spiro atoms. The third kappa shape index (κ3) is 5.33. The molecule has 1 N–H and O–H groups in total. The van der Waals surface area contributed by atoms with Crippen LogP contribution in [0, 0.1) is 0 Å². The van der Waals surface area contributed by atoms with Gasteiger partial charge in [-0.2, -0.15) is 4.99 Å². The Kier molecular flexibility index (Phi) is 7.13. The molecular weight excluding hydrogens is 486 g/mol. The van der Waals surface area contributed by atoms with Gasteiger partial charge < -0.3 is 9.30 Å². The van der Waals surface area contributed by atoms with Gasteiger partial charge in [0.1, 0.15) is 0 Å². The molecule has 0 unspecified atom stereocenters. The average Bonchev–Trinajstić information content (AvgIpc) is 3.20. The van der Waals surface area contributed by atoms with E-state index in [1.807, 2.05) is 17.6 Å². The van der Waals surface area contributed by atoms with Crippen molar-refractivity contribution >= 4 is 49.1 Å². The summed E-state index contributed by atoms with van der Waals surface area (Å²) in [7, 11) is -3.79. The van der Waals surface area contributed by atoms with Crippen LogP contribution in [-0.2, 0) is 21.3 Å². The van der Waals surface area contributed by atoms with E-state index in [0.717, 1.165) is 10.2 Å². The van der Waals surface area contributed by atoms with Gasteiger partial charge in [-0.3, -0.25) is 9.52 Å². The number of amides is 1. The molecule has 4 rings (SSSR count). The topological polar surface area (TPSA) is 107 Å². The molecule has 0 atom stereocenters. The zero-order valence-corrected chi connectivity index (χ0v) is 20.7. The molecule has 10 heteroatoms. The summed E-state index contributed by atoms with van der Waals surface area (Å²) in [6, 6.07) is 19.4. The van der Waals surface area contributed by atoms with Crippen molar-refractivity contribution in [3.8, 4) is 0 Å². The highest BCUT2D eigenvalue weighted by Crippen LogP contribution is 2.21. The third-order valence-corrected chi connectivity index (χ3v) is 7.56. The summed E-state index contributed by atoms with van der Waals surface area (Å²) >= 11 is 1.29. The van der Waals surface area contributed by atoms with Gasteiger partial charge in [0.05, 0.1) is 27.3 Å². The Labute approximate surface area is 206 Å². The van der Waals surface area contributed by atoms with E-state index in [-0.39, 0.29) is 22.8 Å². The van der Waals surface area contributed by atoms with Crippen LogP contribution in [0.1, 0.15) is 34.6 Å². The predicted molar refractivity (Wildman–Crippen MR) is 135 cm³/mol. The Morgan fingerprint density at radius 1 is 0.971 bits per heavy atom. The fourth-order valence-electron chi connectivity index (χ4n) is 3.49. The highest BCUT2D eigenvalue weighted by Gasteiger charge is 2.15. The minimum Gasteiger partial charge on any atom is -0.462 e. The van der Waals surface area contributed by atoms with Crippen LogP contribution in [0.5, 0.6) is 0 Å². The van der Waals surface area contributed by atoms with Gasteiger partial charge in [-0.25, -0.2) is 13.2 Å². The van der Waals surface area contributed by atoms with Crippen LogP contribution in [0.2, 0.25) is 0 Å². The van der Waals surface area contributed by atoms with E-state index in [4.69, 9.17) is 4.74 Å². The maximum atomic E-state index is 13.0. The number of aromatic nitrogens is 1. The minimum absolute atomic E-state index is 0.123. The molecule has 1 aromatic heterocycles. The van der Waals surface area contributed by atoms with Crippen LogP contribution in [0.3, 0.4) is 0 Å². The Balaban J connectivity index is 1.66. The third-order valence-electron chi connectivity index (χ3n) is 5.12. The number of hydrogen-bond donors (Lipinski definition) is 1. The van der Waals surface area contributed by atoms with E-state index in [1.54, 1.807) is 55.5 Å². The molecule has 0 radical (unpaired) electrons. The quantitative estimate of drug-likeness (QED) is 0.371. The molecule has 0 saturated heterocycles. The van der Waals surface area contributed by atoms with Crippen LogP contribution in [-0.4, -0.2) is 31.5 Å². The zero-order valence-electron chi connectivity index (χ0n) is 19.1. The number of benzene rings is 3. The first kappa shape index (κ1) is 24.4. The van der Waals surface area contributed by atoms with E-state index >= 15 is 0 Å². The van der Waals surface area contributed by atoms with Crippen molar-refractivity contribution in [3.63, 3.8) is 0 Å². The molecular formula is C25H23N3O5S2. The summed E-state index contributed by atoms with van der Waals surface area (Å²) in [5.41, 5.74) is 1.78. The predicted octanol–water partition coefficient (Wildman–Crippen LogP) is 4.44. The normalized spacial score (nSPS) is 12.0. The van der Waals surface area contributed by atoms with Crippen molar-refractivity contribution in [1.82, 2.24) is 4.57 Å². The molecule has 3 aromatic carbocycles. The molecule has 0 saturated carbocycles. The minimum atomic E-state index is -3.79. The van der Waals surface area contributed by atoms with Crippen molar-refractivity contribution in [1.29, 1.82) is 0 Å². The molecule has 0 fully saturated rings. The van der Waals surface area contributed by atoms with Crippen molar-refractivity contribution < 1.29 is 22.7 Å². The van der Waals surface area contributed by atoms with Crippen LogP contribution in [0.4, 0.5) is 5.69 Å². The molecule has 1 amide bonds. The van der Waals surface area contributed by atoms with Crippen LogP contribution in [0.15, 0.2) is 82.7 Å². The number of hydrogen-bond acceptors (Lipinski definition) is 6. The number of sulfonamides is 1. The molecule has 0 aliphatic heterocycles. The standard InChI is InChI=1S/C25H23N3O5S2/c1-3-28-21-14-13-18(24(30)33-4-2)16-22(21)34-25(28)26-23(29)17-9-8-10-19(15-17)27-35(31,32)20-11-6-5-7-12-20/h5-16,27H,3-4H2,1-2H3. The smallest absolute Gasteiger partial charge is 0.338 e. The monoisotopic (exact) mass is 509 g/mol. The number of nitrogens with one attached hydrogen (secondary N) is 1. The van der Waals surface area contributed by atoms with Crippen molar-refractivity contribution in [2.45, 2.75) is 25.3 Å². The average molecular weight is 510 g/mol. The lowest BCUT2D eigenvalue weighted by atomic mass is 10.2. The molecule has 180 valence electrons. The fourth-order valence-corrected chi connectivity index (χ4v) is 5.69. The van der Waals surface area contributed by atoms with E-state index in [1.165, 1.54) is 29.5 Å². The van der Waals surface area contributed by atoms with Gasteiger partial charge in [0.25, 0.3) is 15.9 Å². The van der Waals surface area contributed by atoms with Gasteiger partial charge in [-0.1, -0.05) is 35.6 Å². The zero-order chi connectivity index (χ0) is 25.0. The SMILES string of the molecule is CCOC(=O)c1ccc2c(c1)sc(=NC(=O)c1cccc(NS(=O)(=O)c3ccccc3)c1)n2CC. The van der Waals surface area contributed by atoms with Gasteiger partial charge in [-0.15, -0.1) is 0 Å². The molecule has 0 aliphatic rings. The lowest BCUT2D eigenvalue weighted by Crippen LogP contribution is -2.16. The number of fused-ring (bicyclic) bond motifs is 1. The van der Waals surface area contributed by atoms with E-state index in [9.17, 15) is 18.0 Å². The molecule has 4 aromatic rings. The summed E-state index contributed by atoms with van der Waals surface area (Å²) in [5.74, 6) is -0.916.